The molecule has 1 aromatic heterocycles. The second kappa shape index (κ2) is 14.2. The van der Waals surface area contributed by atoms with E-state index < -0.39 is 16.3 Å². The quantitative estimate of drug-likeness (QED) is 0.246. The first-order valence-electron chi connectivity index (χ1n) is 14.1. The van der Waals surface area contributed by atoms with Crippen molar-refractivity contribution in [2.45, 2.75) is 49.4 Å². The van der Waals surface area contributed by atoms with Crippen LogP contribution in [0.4, 0.5) is 0 Å². The van der Waals surface area contributed by atoms with Crippen molar-refractivity contribution in [1.29, 1.82) is 0 Å². The Morgan fingerprint density at radius 1 is 0.881 bits per heavy atom. The molecule has 0 radical (unpaired) electrons. The third-order valence-electron chi connectivity index (χ3n) is 7.38. The van der Waals surface area contributed by atoms with E-state index in [4.69, 9.17) is 9.47 Å². The van der Waals surface area contributed by atoms with E-state index in [1.165, 1.54) is 0 Å². The van der Waals surface area contributed by atoms with Crippen LogP contribution in [0.3, 0.4) is 0 Å². The zero-order chi connectivity index (χ0) is 29.4. The van der Waals surface area contributed by atoms with Crippen LogP contribution < -0.4 is 4.72 Å². The zero-order valence-corrected chi connectivity index (χ0v) is 24.5. The van der Waals surface area contributed by atoms with Gasteiger partial charge in [-0.15, -0.1) is 0 Å². The highest BCUT2D eigenvalue weighted by atomic mass is 32.2. The van der Waals surface area contributed by atoms with Crippen molar-refractivity contribution < 1.29 is 23.0 Å². The van der Waals surface area contributed by atoms with Gasteiger partial charge in [-0.05, 0) is 48.0 Å². The summed E-state index contributed by atoms with van der Waals surface area (Å²) in [5.41, 5.74) is 4.64. The van der Waals surface area contributed by atoms with Gasteiger partial charge < -0.3 is 19.5 Å². The molecule has 1 unspecified atom stereocenters. The SMILES string of the molecule is CN(CCc1ccccn1)C[C@@H]1C[C@H](c2ccc(CO)cc2)OC(c2ccc(CNS(=O)(=O)c3ccccc3)cc2)O1. The fourth-order valence-corrected chi connectivity index (χ4v) is 6.02. The smallest absolute Gasteiger partial charge is 0.240 e. The third-order valence-corrected chi connectivity index (χ3v) is 8.79. The number of hydrogen-bond acceptors (Lipinski definition) is 7. The molecule has 0 bridgehead atoms. The Hall–Kier alpha value is -3.44. The average molecular weight is 588 g/mol. The second-order valence-corrected chi connectivity index (χ2v) is 12.3. The van der Waals surface area contributed by atoms with Crippen LogP contribution in [0.15, 0.2) is 108 Å². The number of pyridine rings is 1. The van der Waals surface area contributed by atoms with Gasteiger partial charge in [0.1, 0.15) is 0 Å². The van der Waals surface area contributed by atoms with Gasteiger partial charge in [0.15, 0.2) is 6.29 Å². The van der Waals surface area contributed by atoms with Gasteiger partial charge in [0.25, 0.3) is 0 Å². The van der Waals surface area contributed by atoms with Gasteiger partial charge in [0.05, 0.1) is 23.7 Å². The summed E-state index contributed by atoms with van der Waals surface area (Å²) in [6.45, 7) is 1.76. The Morgan fingerprint density at radius 3 is 2.26 bits per heavy atom. The normalized spacial score (nSPS) is 19.2. The van der Waals surface area contributed by atoms with Gasteiger partial charge in [-0.2, -0.15) is 0 Å². The fourth-order valence-electron chi connectivity index (χ4n) is 4.98. The Kier molecular flexibility index (Phi) is 10.1. The number of aliphatic hydroxyl groups excluding tert-OH is 1. The lowest BCUT2D eigenvalue weighted by Gasteiger charge is -2.38. The molecule has 0 saturated carbocycles. The summed E-state index contributed by atoms with van der Waals surface area (Å²) < 4.78 is 40.8. The fraction of sp³-hybridized carbons (Fsp3) is 0.303. The average Bonchev–Trinajstić information content (AvgIpc) is 3.04. The first-order valence-corrected chi connectivity index (χ1v) is 15.6. The number of benzene rings is 3. The standard InChI is InChI=1S/C33H37N3O5S/c1-36(20-18-29-7-5-6-19-34-29)23-30-21-32(27-14-12-26(24-37)13-15-27)41-33(40-30)28-16-10-25(11-17-28)22-35-42(38,39)31-8-3-2-4-9-31/h2-17,19,30,32-33,35,37H,18,20-24H2,1H3/t30-,32+,33?/m0/s1. The molecule has 1 aliphatic rings. The lowest BCUT2D eigenvalue weighted by Crippen LogP contribution is -2.38. The summed E-state index contributed by atoms with van der Waals surface area (Å²) in [6.07, 6.45) is 2.54. The number of sulfonamides is 1. The Bertz CT molecular complexity index is 1500. The van der Waals surface area contributed by atoms with Gasteiger partial charge in [-0.3, -0.25) is 4.98 Å². The van der Waals surface area contributed by atoms with Crippen LogP contribution in [0.25, 0.3) is 0 Å². The van der Waals surface area contributed by atoms with Gasteiger partial charge >= 0.3 is 0 Å². The van der Waals surface area contributed by atoms with E-state index in [0.717, 1.165) is 47.5 Å². The molecule has 0 spiro atoms. The maximum absolute atomic E-state index is 12.6. The minimum absolute atomic E-state index is 0.00487. The Labute approximate surface area is 248 Å². The van der Waals surface area contributed by atoms with Gasteiger partial charge in [0, 0.05) is 49.9 Å². The van der Waals surface area contributed by atoms with E-state index in [1.807, 2.05) is 72.9 Å². The minimum Gasteiger partial charge on any atom is -0.392 e. The lowest BCUT2D eigenvalue weighted by molar-refractivity contribution is -0.252. The van der Waals surface area contributed by atoms with Crippen LogP contribution in [0.2, 0.25) is 0 Å². The summed E-state index contributed by atoms with van der Waals surface area (Å²) in [4.78, 5) is 6.93. The molecule has 0 aliphatic carbocycles. The van der Waals surface area contributed by atoms with E-state index in [0.29, 0.717) is 6.42 Å². The first-order chi connectivity index (χ1) is 20.4. The molecule has 4 aromatic rings. The monoisotopic (exact) mass is 587 g/mol. The molecular formula is C33H37N3O5S. The van der Waals surface area contributed by atoms with Crippen molar-refractivity contribution in [2.75, 3.05) is 20.1 Å². The number of aliphatic hydroxyl groups is 1. The van der Waals surface area contributed by atoms with Crippen LogP contribution in [-0.2, 0) is 39.1 Å². The third kappa shape index (κ3) is 8.10. The molecule has 220 valence electrons. The first kappa shape index (κ1) is 30.0. The molecule has 2 heterocycles. The number of nitrogens with zero attached hydrogens (tertiary/aromatic N) is 2. The molecule has 5 rings (SSSR count). The zero-order valence-electron chi connectivity index (χ0n) is 23.7. The maximum atomic E-state index is 12.6. The molecule has 0 amide bonds. The molecule has 2 N–H and O–H groups in total. The highest BCUT2D eigenvalue weighted by Gasteiger charge is 2.32. The number of rotatable bonds is 12. The summed E-state index contributed by atoms with van der Waals surface area (Å²) in [7, 11) is -1.51. The van der Waals surface area contributed by atoms with Crippen molar-refractivity contribution in [1.82, 2.24) is 14.6 Å². The summed E-state index contributed by atoms with van der Waals surface area (Å²) in [5.74, 6) is 0. The van der Waals surface area contributed by atoms with Crippen LogP contribution in [0.1, 0.15) is 46.8 Å². The van der Waals surface area contributed by atoms with E-state index in [-0.39, 0.29) is 30.3 Å². The minimum atomic E-state index is -3.60. The van der Waals surface area contributed by atoms with Crippen LogP contribution in [0.5, 0.6) is 0 Å². The molecule has 8 nitrogen and oxygen atoms in total. The Morgan fingerprint density at radius 2 is 1.57 bits per heavy atom. The van der Waals surface area contributed by atoms with Crippen LogP contribution >= 0.6 is 0 Å². The van der Waals surface area contributed by atoms with Crippen molar-refractivity contribution in [3.8, 4) is 0 Å². The number of aromatic nitrogens is 1. The van der Waals surface area contributed by atoms with Crippen molar-refractivity contribution in [3.63, 3.8) is 0 Å². The van der Waals surface area contributed by atoms with Gasteiger partial charge in [-0.1, -0.05) is 72.8 Å². The molecule has 42 heavy (non-hydrogen) atoms. The lowest BCUT2D eigenvalue weighted by atomic mass is 9.99. The Balaban J connectivity index is 1.26. The topological polar surface area (TPSA) is 101 Å². The number of likely N-dealkylation sites (N-methyl/N-ethyl adjacent to an activating group) is 1. The van der Waals surface area contributed by atoms with Crippen molar-refractivity contribution in [2.24, 2.45) is 0 Å². The summed E-state index contributed by atoms with van der Waals surface area (Å²) >= 11 is 0. The highest BCUT2D eigenvalue weighted by Crippen LogP contribution is 2.38. The highest BCUT2D eigenvalue weighted by molar-refractivity contribution is 7.89. The van der Waals surface area contributed by atoms with Crippen LogP contribution in [-0.4, -0.2) is 49.6 Å². The van der Waals surface area contributed by atoms with Crippen molar-refractivity contribution >= 4 is 10.0 Å². The molecule has 1 fully saturated rings. The van der Waals surface area contributed by atoms with Crippen molar-refractivity contribution in [3.05, 3.63) is 131 Å². The summed E-state index contributed by atoms with van der Waals surface area (Å²) in [6, 6.07) is 29.8. The largest absolute Gasteiger partial charge is 0.392 e. The molecular weight excluding hydrogens is 550 g/mol. The van der Waals surface area contributed by atoms with E-state index >= 15 is 0 Å². The maximum Gasteiger partial charge on any atom is 0.240 e. The van der Waals surface area contributed by atoms with Gasteiger partial charge in [0.2, 0.25) is 10.0 Å². The number of hydrogen-bond donors (Lipinski definition) is 2. The van der Waals surface area contributed by atoms with Crippen LogP contribution in [0, 0.1) is 0 Å². The van der Waals surface area contributed by atoms with E-state index in [1.54, 1.807) is 30.3 Å². The predicted molar refractivity (Wildman–Crippen MR) is 161 cm³/mol. The molecule has 9 heteroatoms. The number of nitrogens with one attached hydrogen (secondary N) is 1. The molecule has 1 aliphatic heterocycles. The second-order valence-electron chi connectivity index (χ2n) is 10.6. The molecule has 3 aromatic carbocycles. The molecule has 3 atom stereocenters. The van der Waals surface area contributed by atoms with E-state index in [9.17, 15) is 13.5 Å². The predicted octanol–water partition coefficient (Wildman–Crippen LogP) is 4.77. The van der Waals surface area contributed by atoms with E-state index in [2.05, 4.69) is 21.7 Å². The summed E-state index contributed by atoms with van der Waals surface area (Å²) in [5, 5.41) is 9.47. The molecule has 1 saturated heterocycles. The number of ether oxygens (including phenoxy) is 2. The van der Waals surface area contributed by atoms with Gasteiger partial charge in [-0.25, -0.2) is 13.1 Å².